The Bertz CT molecular complexity index is 320. The zero-order valence-corrected chi connectivity index (χ0v) is 10.1. The van der Waals surface area contributed by atoms with E-state index in [4.69, 9.17) is 16.3 Å². The maximum absolute atomic E-state index is 5.94. The number of hydrogen-bond donors (Lipinski definition) is 0. The van der Waals surface area contributed by atoms with Crippen LogP contribution in [0.25, 0.3) is 0 Å². The topological polar surface area (TPSA) is 38.2 Å². The SMILES string of the molecule is CCN(CCOC)c1ncnc(Cl)c1C. The van der Waals surface area contributed by atoms with Gasteiger partial charge in [-0.15, -0.1) is 0 Å². The zero-order chi connectivity index (χ0) is 11.3. The van der Waals surface area contributed by atoms with Crippen molar-refractivity contribution in [2.45, 2.75) is 13.8 Å². The quantitative estimate of drug-likeness (QED) is 0.723. The van der Waals surface area contributed by atoms with E-state index < -0.39 is 0 Å². The molecule has 0 aliphatic rings. The molecule has 0 saturated carbocycles. The van der Waals surface area contributed by atoms with Gasteiger partial charge in [-0.1, -0.05) is 11.6 Å². The number of anilines is 1. The monoisotopic (exact) mass is 229 g/mol. The molecule has 0 radical (unpaired) electrons. The Hall–Kier alpha value is -0.870. The molecule has 5 heteroatoms. The molecule has 1 heterocycles. The van der Waals surface area contributed by atoms with Crippen LogP contribution in [0.1, 0.15) is 12.5 Å². The molecule has 0 aliphatic heterocycles. The molecular formula is C10H16ClN3O. The van der Waals surface area contributed by atoms with Crippen LogP contribution in [0.5, 0.6) is 0 Å². The van der Waals surface area contributed by atoms with E-state index in [0.717, 1.165) is 24.5 Å². The molecule has 0 N–H and O–H groups in total. The first-order valence-corrected chi connectivity index (χ1v) is 5.29. The molecule has 0 aromatic carbocycles. The predicted octanol–water partition coefficient (Wildman–Crippen LogP) is 1.91. The minimum absolute atomic E-state index is 0.510. The van der Waals surface area contributed by atoms with Gasteiger partial charge in [-0.2, -0.15) is 0 Å². The average Bonchev–Trinajstić information content (AvgIpc) is 2.25. The standard InChI is InChI=1S/C10H16ClN3O/c1-4-14(5-6-15-3)10-8(2)9(11)12-7-13-10/h7H,4-6H2,1-3H3. The number of methoxy groups -OCH3 is 1. The van der Waals surface area contributed by atoms with Crippen molar-refractivity contribution in [1.82, 2.24) is 9.97 Å². The van der Waals surface area contributed by atoms with Crippen molar-refractivity contribution in [1.29, 1.82) is 0 Å². The third-order valence-electron chi connectivity index (χ3n) is 2.24. The minimum atomic E-state index is 0.510. The number of ether oxygens (including phenoxy) is 1. The van der Waals surface area contributed by atoms with Crippen LogP contribution in [0.15, 0.2) is 6.33 Å². The summed E-state index contributed by atoms with van der Waals surface area (Å²) in [5.74, 6) is 0.884. The van der Waals surface area contributed by atoms with E-state index in [-0.39, 0.29) is 0 Å². The van der Waals surface area contributed by atoms with E-state index in [2.05, 4.69) is 21.8 Å². The summed E-state index contributed by atoms with van der Waals surface area (Å²) in [6.07, 6.45) is 1.49. The smallest absolute Gasteiger partial charge is 0.137 e. The first kappa shape index (κ1) is 12.2. The van der Waals surface area contributed by atoms with Crippen LogP contribution in [-0.2, 0) is 4.74 Å². The summed E-state index contributed by atoms with van der Waals surface area (Å²) < 4.78 is 5.05. The van der Waals surface area contributed by atoms with Gasteiger partial charge < -0.3 is 9.64 Å². The van der Waals surface area contributed by atoms with Crippen molar-refractivity contribution in [3.8, 4) is 0 Å². The molecule has 15 heavy (non-hydrogen) atoms. The van der Waals surface area contributed by atoms with Gasteiger partial charge in [0.15, 0.2) is 0 Å². The molecule has 0 amide bonds. The predicted molar refractivity (Wildman–Crippen MR) is 61.5 cm³/mol. The molecule has 84 valence electrons. The van der Waals surface area contributed by atoms with Gasteiger partial charge in [0, 0.05) is 25.8 Å². The van der Waals surface area contributed by atoms with Crippen LogP contribution in [0.4, 0.5) is 5.82 Å². The molecule has 0 atom stereocenters. The first-order chi connectivity index (χ1) is 7.20. The molecule has 0 bridgehead atoms. The lowest BCUT2D eigenvalue weighted by Crippen LogP contribution is -2.28. The zero-order valence-electron chi connectivity index (χ0n) is 9.33. The Morgan fingerprint density at radius 2 is 2.20 bits per heavy atom. The molecule has 0 fully saturated rings. The fourth-order valence-corrected chi connectivity index (χ4v) is 1.48. The third kappa shape index (κ3) is 3.04. The Balaban J connectivity index is 2.86. The molecule has 0 aliphatic carbocycles. The van der Waals surface area contributed by atoms with Crippen LogP contribution < -0.4 is 4.90 Å². The highest BCUT2D eigenvalue weighted by molar-refractivity contribution is 6.30. The van der Waals surface area contributed by atoms with Gasteiger partial charge in [-0.3, -0.25) is 0 Å². The summed E-state index contributed by atoms with van der Waals surface area (Å²) in [5, 5.41) is 0.510. The summed E-state index contributed by atoms with van der Waals surface area (Å²) in [5.41, 5.74) is 0.914. The van der Waals surface area contributed by atoms with Crippen molar-refractivity contribution >= 4 is 17.4 Å². The lowest BCUT2D eigenvalue weighted by atomic mass is 10.3. The molecule has 0 saturated heterocycles. The largest absolute Gasteiger partial charge is 0.383 e. The Morgan fingerprint density at radius 1 is 1.47 bits per heavy atom. The van der Waals surface area contributed by atoms with Crippen LogP contribution >= 0.6 is 11.6 Å². The van der Waals surface area contributed by atoms with E-state index in [1.807, 2.05) is 6.92 Å². The van der Waals surface area contributed by atoms with Crippen LogP contribution in [0.2, 0.25) is 5.15 Å². The van der Waals surface area contributed by atoms with Gasteiger partial charge in [0.1, 0.15) is 17.3 Å². The highest BCUT2D eigenvalue weighted by Gasteiger charge is 2.11. The fraction of sp³-hybridized carbons (Fsp3) is 0.600. The molecule has 4 nitrogen and oxygen atoms in total. The molecule has 1 aromatic heterocycles. The number of hydrogen-bond acceptors (Lipinski definition) is 4. The third-order valence-corrected chi connectivity index (χ3v) is 2.62. The second-order valence-electron chi connectivity index (χ2n) is 3.19. The van der Waals surface area contributed by atoms with E-state index in [9.17, 15) is 0 Å². The Labute approximate surface area is 95.2 Å². The second-order valence-corrected chi connectivity index (χ2v) is 3.54. The van der Waals surface area contributed by atoms with E-state index in [1.165, 1.54) is 6.33 Å². The number of nitrogens with zero attached hydrogens (tertiary/aromatic N) is 3. The highest BCUT2D eigenvalue weighted by Crippen LogP contribution is 2.21. The van der Waals surface area contributed by atoms with Crippen LogP contribution in [-0.4, -0.2) is 36.8 Å². The van der Waals surface area contributed by atoms with Crippen molar-refractivity contribution in [3.63, 3.8) is 0 Å². The molecular weight excluding hydrogens is 214 g/mol. The summed E-state index contributed by atoms with van der Waals surface area (Å²) in [6.45, 7) is 6.35. The van der Waals surface area contributed by atoms with Crippen molar-refractivity contribution in [2.24, 2.45) is 0 Å². The number of likely N-dealkylation sites (N-methyl/N-ethyl adjacent to an activating group) is 1. The van der Waals surface area contributed by atoms with Gasteiger partial charge in [0.25, 0.3) is 0 Å². The lowest BCUT2D eigenvalue weighted by molar-refractivity contribution is 0.205. The number of aromatic nitrogens is 2. The van der Waals surface area contributed by atoms with Gasteiger partial charge in [-0.25, -0.2) is 9.97 Å². The normalized spacial score (nSPS) is 10.4. The maximum Gasteiger partial charge on any atom is 0.137 e. The molecule has 0 unspecified atom stereocenters. The van der Waals surface area contributed by atoms with Crippen molar-refractivity contribution in [3.05, 3.63) is 17.0 Å². The van der Waals surface area contributed by atoms with Crippen LogP contribution in [0.3, 0.4) is 0 Å². The minimum Gasteiger partial charge on any atom is -0.383 e. The summed E-state index contributed by atoms with van der Waals surface area (Å²) in [6, 6.07) is 0. The van der Waals surface area contributed by atoms with Crippen molar-refractivity contribution < 1.29 is 4.74 Å². The van der Waals surface area contributed by atoms with Crippen LogP contribution in [0, 0.1) is 6.92 Å². The van der Waals surface area contributed by atoms with Gasteiger partial charge >= 0.3 is 0 Å². The van der Waals surface area contributed by atoms with E-state index in [1.54, 1.807) is 7.11 Å². The Morgan fingerprint density at radius 3 is 2.80 bits per heavy atom. The van der Waals surface area contributed by atoms with Gasteiger partial charge in [-0.05, 0) is 13.8 Å². The highest BCUT2D eigenvalue weighted by atomic mass is 35.5. The molecule has 1 rings (SSSR count). The number of halogens is 1. The van der Waals surface area contributed by atoms with Crippen molar-refractivity contribution in [2.75, 3.05) is 31.7 Å². The van der Waals surface area contributed by atoms with Gasteiger partial charge in [0.2, 0.25) is 0 Å². The summed E-state index contributed by atoms with van der Waals surface area (Å²) in [7, 11) is 1.69. The summed E-state index contributed by atoms with van der Waals surface area (Å²) >= 11 is 5.94. The van der Waals surface area contributed by atoms with E-state index >= 15 is 0 Å². The lowest BCUT2D eigenvalue weighted by Gasteiger charge is -2.23. The maximum atomic E-state index is 5.94. The molecule has 1 aromatic rings. The first-order valence-electron chi connectivity index (χ1n) is 4.91. The van der Waals surface area contributed by atoms with Gasteiger partial charge in [0.05, 0.1) is 6.61 Å². The molecule has 0 spiro atoms. The summed E-state index contributed by atoms with van der Waals surface area (Å²) in [4.78, 5) is 10.3. The second kappa shape index (κ2) is 5.88. The number of rotatable bonds is 5. The fourth-order valence-electron chi connectivity index (χ4n) is 1.35. The van der Waals surface area contributed by atoms with E-state index in [0.29, 0.717) is 11.8 Å². The average molecular weight is 230 g/mol. The Kier molecular flexibility index (Phi) is 4.78.